The van der Waals surface area contributed by atoms with E-state index < -0.39 is 83.3 Å². The first-order chi connectivity index (χ1) is 24.9. The minimum Gasteiger partial charge on any atom is -0.449 e. The largest absolute Gasteiger partial charge is 0.449 e. The molecule has 0 saturated carbocycles. The van der Waals surface area contributed by atoms with E-state index in [1.807, 2.05) is 48.5 Å². The van der Waals surface area contributed by atoms with Crippen molar-refractivity contribution in [3.05, 3.63) is 35.9 Å². The number of carbonyl (C=O) groups excluding carboxylic acids is 7. The zero-order valence-electron chi connectivity index (χ0n) is 34.0. The molecule has 1 aliphatic rings. The second-order valence-corrected chi connectivity index (χ2v) is 16.9. The molecule has 1 heterocycles. The van der Waals surface area contributed by atoms with Crippen LogP contribution in [0.1, 0.15) is 93.7 Å². The number of benzene rings is 1. The van der Waals surface area contributed by atoms with E-state index in [1.165, 1.54) is 9.80 Å². The van der Waals surface area contributed by atoms with Crippen LogP contribution < -0.4 is 21.3 Å². The Kier molecular flexibility index (Phi) is 16.6. The van der Waals surface area contributed by atoms with E-state index in [2.05, 4.69) is 21.3 Å². The van der Waals surface area contributed by atoms with Gasteiger partial charge in [0.05, 0.1) is 30.9 Å². The topological polar surface area (TPSA) is 193 Å². The van der Waals surface area contributed by atoms with Gasteiger partial charge in [-0.3, -0.25) is 28.8 Å². The maximum atomic E-state index is 14.2. The molecule has 15 heteroatoms. The highest BCUT2D eigenvalue weighted by molar-refractivity contribution is 6.38. The second kappa shape index (κ2) is 19.7. The molecule has 15 nitrogen and oxygen atoms in total. The average Bonchev–Trinajstić information content (AvgIpc) is 3.48. The molecule has 1 unspecified atom stereocenters. The monoisotopic (exact) mass is 758 g/mol. The van der Waals surface area contributed by atoms with E-state index in [1.54, 1.807) is 65.2 Å². The van der Waals surface area contributed by atoms with Gasteiger partial charge in [0.15, 0.2) is 0 Å². The molecule has 0 radical (unpaired) electrons. The Morgan fingerprint density at radius 2 is 1.48 bits per heavy atom. The molecule has 1 aromatic rings. The molecular formula is C39H62N6O9. The van der Waals surface area contributed by atoms with Gasteiger partial charge in [0.2, 0.25) is 29.4 Å². The number of hydrogen-bond acceptors (Lipinski definition) is 9. The van der Waals surface area contributed by atoms with Crippen LogP contribution in [0.4, 0.5) is 4.79 Å². The highest BCUT2D eigenvalue weighted by Crippen LogP contribution is 2.29. The van der Waals surface area contributed by atoms with Crippen molar-refractivity contribution in [3.8, 4) is 0 Å². The zero-order chi connectivity index (χ0) is 41.1. The molecule has 1 saturated heterocycles. The number of hydrogen-bond donors (Lipinski definition) is 4. The van der Waals surface area contributed by atoms with Crippen LogP contribution in [0.5, 0.6) is 0 Å². The second-order valence-electron chi connectivity index (χ2n) is 16.9. The Balaban J connectivity index is 2.27. The highest BCUT2D eigenvalue weighted by Gasteiger charge is 2.47. The molecule has 302 valence electrons. The lowest BCUT2D eigenvalue weighted by Crippen LogP contribution is -2.59. The van der Waals surface area contributed by atoms with Crippen LogP contribution in [-0.2, 0) is 38.2 Å². The lowest BCUT2D eigenvalue weighted by Gasteiger charge is -2.35. The van der Waals surface area contributed by atoms with Gasteiger partial charge >= 0.3 is 6.09 Å². The zero-order valence-corrected chi connectivity index (χ0v) is 34.0. The molecule has 5 atom stereocenters. The van der Waals surface area contributed by atoms with Gasteiger partial charge in [-0.25, -0.2) is 4.79 Å². The van der Waals surface area contributed by atoms with Crippen molar-refractivity contribution in [2.45, 2.75) is 118 Å². The molecular weight excluding hydrogens is 696 g/mol. The van der Waals surface area contributed by atoms with E-state index in [9.17, 15) is 33.6 Å². The molecule has 0 spiro atoms. The number of likely N-dealkylation sites (N-methyl/N-ethyl adjacent to an activating group) is 1. The standard InChI is InChI=1S/C39H62N6O9/c1-23(2)18-27(31(47)34(49)40-20-29(46)42-30(35(50)44(11)12)25-16-14-13-15-17-25)41-33(48)28-19-26(54-39(8,9)10)21-45(28)36(51)32(38(5,6)7)43-37(52)53-22-24(3)4/h13-17,23-24,26-28,30,32H,18-22H2,1-12H3,(H,40,49)(H,41,48)(H,42,46)(H,43,52)/t26-,27?,28+,30+,32-/m1/s1. The normalized spacial score (nSPS) is 17.6. The van der Waals surface area contributed by atoms with Crippen LogP contribution in [0.3, 0.4) is 0 Å². The first-order valence-corrected chi connectivity index (χ1v) is 18.5. The third-order valence-electron chi connectivity index (χ3n) is 8.39. The van der Waals surface area contributed by atoms with E-state index in [0.29, 0.717) is 5.56 Å². The van der Waals surface area contributed by atoms with Crippen molar-refractivity contribution in [1.82, 2.24) is 31.1 Å². The smallest absolute Gasteiger partial charge is 0.407 e. The predicted octanol–water partition coefficient (Wildman–Crippen LogP) is 2.73. The Labute approximate surface area is 320 Å². The molecule has 54 heavy (non-hydrogen) atoms. The number of ketones is 1. The molecule has 4 N–H and O–H groups in total. The number of nitrogens with zero attached hydrogens (tertiary/aromatic N) is 2. The molecule has 1 aliphatic heterocycles. The van der Waals surface area contributed by atoms with Crippen molar-refractivity contribution in [2.75, 3.05) is 33.8 Å². The van der Waals surface area contributed by atoms with E-state index >= 15 is 0 Å². The lowest BCUT2D eigenvalue weighted by atomic mass is 9.85. The van der Waals surface area contributed by atoms with Crippen molar-refractivity contribution >= 4 is 41.4 Å². The summed E-state index contributed by atoms with van der Waals surface area (Å²) < 4.78 is 11.5. The summed E-state index contributed by atoms with van der Waals surface area (Å²) in [7, 11) is 3.11. The van der Waals surface area contributed by atoms with E-state index in [-0.39, 0.29) is 43.7 Å². The van der Waals surface area contributed by atoms with Crippen LogP contribution in [0, 0.1) is 17.3 Å². The first kappa shape index (κ1) is 45.6. The molecule has 2 rings (SSSR count). The Hall–Kier alpha value is -4.53. The van der Waals surface area contributed by atoms with Crippen molar-refractivity contribution in [2.24, 2.45) is 17.3 Å². The number of carbonyl (C=O) groups is 7. The fourth-order valence-electron chi connectivity index (χ4n) is 5.87. The van der Waals surface area contributed by atoms with Crippen molar-refractivity contribution in [3.63, 3.8) is 0 Å². The van der Waals surface area contributed by atoms with Gasteiger partial charge in [-0.05, 0) is 50.0 Å². The lowest BCUT2D eigenvalue weighted by molar-refractivity contribution is -0.144. The van der Waals surface area contributed by atoms with Crippen LogP contribution in [0.15, 0.2) is 30.3 Å². The predicted molar refractivity (Wildman–Crippen MR) is 203 cm³/mol. The number of nitrogens with one attached hydrogen (secondary N) is 4. The van der Waals surface area contributed by atoms with Gasteiger partial charge in [-0.1, -0.05) is 78.8 Å². The summed E-state index contributed by atoms with van der Waals surface area (Å²) >= 11 is 0. The number of amides is 6. The van der Waals surface area contributed by atoms with Crippen LogP contribution in [0.2, 0.25) is 0 Å². The fraction of sp³-hybridized carbons (Fsp3) is 0.667. The Morgan fingerprint density at radius 3 is 2.00 bits per heavy atom. The minimum absolute atomic E-state index is 0.0438. The summed E-state index contributed by atoms with van der Waals surface area (Å²) in [6.45, 7) is 17.9. The summed E-state index contributed by atoms with van der Waals surface area (Å²) in [5, 5.41) is 10.3. The maximum absolute atomic E-state index is 14.2. The molecule has 0 aliphatic carbocycles. The van der Waals surface area contributed by atoms with Gasteiger partial charge in [0, 0.05) is 27.1 Å². The van der Waals surface area contributed by atoms with Crippen LogP contribution in [0.25, 0.3) is 0 Å². The molecule has 6 amide bonds. The summed E-state index contributed by atoms with van der Waals surface area (Å²) in [6, 6.07) is 4.13. The van der Waals surface area contributed by atoms with Gasteiger partial charge in [0.25, 0.3) is 5.91 Å². The third-order valence-corrected chi connectivity index (χ3v) is 8.39. The minimum atomic E-state index is -1.28. The number of ether oxygens (including phenoxy) is 2. The summed E-state index contributed by atoms with van der Waals surface area (Å²) in [6.07, 6.45) is -1.11. The van der Waals surface area contributed by atoms with E-state index in [0.717, 1.165) is 0 Å². The fourth-order valence-corrected chi connectivity index (χ4v) is 5.87. The number of Topliss-reactive ketones (excluding diaryl/α,β-unsaturated/α-hetero) is 1. The third kappa shape index (κ3) is 14.4. The van der Waals surface area contributed by atoms with Gasteiger partial charge in [0.1, 0.15) is 18.1 Å². The molecule has 1 aromatic carbocycles. The summed E-state index contributed by atoms with van der Waals surface area (Å²) in [5.74, 6) is -4.42. The Morgan fingerprint density at radius 1 is 0.870 bits per heavy atom. The number of rotatable bonds is 16. The Bertz CT molecular complexity index is 1480. The number of likely N-dealkylation sites (tertiary alicyclic amines) is 1. The van der Waals surface area contributed by atoms with Gasteiger partial charge in [-0.15, -0.1) is 0 Å². The quantitative estimate of drug-likeness (QED) is 0.184. The molecule has 1 fully saturated rings. The van der Waals surface area contributed by atoms with Crippen LogP contribution in [-0.4, -0.2) is 115 Å². The molecule has 0 bridgehead atoms. The van der Waals surface area contributed by atoms with Crippen molar-refractivity contribution < 1.29 is 43.0 Å². The summed E-state index contributed by atoms with van der Waals surface area (Å²) in [4.78, 5) is 96.1. The SMILES string of the molecule is CC(C)COC(=O)N[C@H](C(=O)N1C[C@H](OC(C)(C)C)C[C@H]1C(=O)NC(CC(C)C)C(=O)C(=O)NCC(=O)N[C@H](C(=O)N(C)C)c1ccccc1)C(C)(C)C. The first-order valence-electron chi connectivity index (χ1n) is 18.5. The van der Waals surface area contributed by atoms with Crippen molar-refractivity contribution in [1.29, 1.82) is 0 Å². The highest BCUT2D eigenvalue weighted by atomic mass is 16.5. The maximum Gasteiger partial charge on any atom is 0.407 e. The number of alkyl carbamates (subject to hydrolysis) is 1. The van der Waals surface area contributed by atoms with Gasteiger partial charge < -0.3 is 40.5 Å². The van der Waals surface area contributed by atoms with Gasteiger partial charge in [-0.2, -0.15) is 0 Å². The molecule has 0 aromatic heterocycles. The van der Waals surface area contributed by atoms with E-state index in [4.69, 9.17) is 9.47 Å². The van der Waals surface area contributed by atoms with Crippen LogP contribution >= 0.6 is 0 Å². The average molecular weight is 759 g/mol. The summed E-state index contributed by atoms with van der Waals surface area (Å²) in [5.41, 5.74) is -0.842.